The summed E-state index contributed by atoms with van der Waals surface area (Å²) in [6.45, 7) is 0. The highest BCUT2D eigenvalue weighted by atomic mass is 32.2. The molecule has 0 saturated heterocycles. The molecule has 2 N–H and O–H groups in total. The Morgan fingerprint density at radius 3 is 2.06 bits per heavy atom. The minimum absolute atomic E-state index is 0.192. The molecule has 0 aromatic heterocycles. The number of nitrogens with one attached hydrogen (secondary N) is 1. The SMILES string of the molecule is COc1cc(OC)c(C=CS(=O)(=O)Cc2ccc(OC)c(NC(=O)C=CC(=O)O)c2)c(OC)c1. The van der Waals surface area contributed by atoms with Crippen LogP contribution in [0.15, 0.2) is 47.9 Å². The van der Waals surface area contributed by atoms with Gasteiger partial charge in [0, 0.05) is 29.7 Å². The van der Waals surface area contributed by atoms with Gasteiger partial charge < -0.3 is 29.4 Å². The lowest BCUT2D eigenvalue weighted by Crippen LogP contribution is -2.10. The van der Waals surface area contributed by atoms with Crippen molar-refractivity contribution in [2.45, 2.75) is 5.75 Å². The maximum atomic E-state index is 12.8. The van der Waals surface area contributed by atoms with Crippen molar-refractivity contribution in [1.82, 2.24) is 0 Å². The third-order valence-corrected chi connectivity index (χ3v) is 5.75. The van der Waals surface area contributed by atoms with E-state index in [9.17, 15) is 18.0 Å². The molecule has 34 heavy (non-hydrogen) atoms. The van der Waals surface area contributed by atoms with E-state index < -0.39 is 21.7 Å². The van der Waals surface area contributed by atoms with Crippen molar-refractivity contribution >= 4 is 33.5 Å². The molecule has 0 fully saturated rings. The number of ether oxygens (including phenoxy) is 4. The molecule has 0 spiro atoms. The summed E-state index contributed by atoms with van der Waals surface area (Å²) in [5.74, 6) is -0.861. The lowest BCUT2D eigenvalue weighted by molar-refractivity contribution is -0.131. The van der Waals surface area contributed by atoms with E-state index in [0.29, 0.717) is 34.5 Å². The number of aliphatic carboxylic acids is 1. The molecular weight excluding hydrogens is 466 g/mol. The van der Waals surface area contributed by atoms with E-state index in [2.05, 4.69) is 5.32 Å². The molecule has 0 saturated carbocycles. The van der Waals surface area contributed by atoms with Gasteiger partial charge in [0.25, 0.3) is 0 Å². The Morgan fingerprint density at radius 2 is 1.53 bits per heavy atom. The molecule has 10 nitrogen and oxygen atoms in total. The lowest BCUT2D eigenvalue weighted by Gasteiger charge is -2.13. The molecule has 0 aliphatic carbocycles. The summed E-state index contributed by atoms with van der Waals surface area (Å²) < 4.78 is 46.6. The molecule has 0 heterocycles. The number of hydrogen-bond donors (Lipinski definition) is 2. The predicted molar refractivity (Wildman–Crippen MR) is 126 cm³/mol. The highest BCUT2D eigenvalue weighted by Gasteiger charge is 2.15. The number of sulfone groups is 1. The van der Waals surface area contributed by atoms with Crippen LogP contribution in [0.5, 0.6) is 23.0 Å². The Balaban J connectivity index is 2.31. The second-order valence-corrected chi connectivity index (χ2v) is 8.64. The number of benzene rings is 2. The number of amides is 1. The second kappa shape index (κ2) is 11.8. The quantitative estimate of drug-likeness (QED) is 0.454. The fourth-order valence-corrected chi connectivity index (χ4v) is 4.00. The second-order valence-electron chi connectivity index (χ2n) is 6.75. The molecule has 0 unspecified atom stereocenters. The number of rotatable bonds is 11. The van der Waals surface area contributed by atoms with Crippen LogP contribution in [0.25, 0.3) is 6.08 Å². The first-order valence-electron chi connectivity index (χ1n) is 9.72. The number of carboxylic acids is 1. The van der Waals surface area contributed by atoms with Gasteiger partial charge >= 0.3 is 5.97 Å². The van der Waals surface area contributed by atoms with Gasteiger partial charge in [-0.1, -0.05) is 6.07 Å². The van der Waals surface area contributed by atoms with E-state index >= 15 is 0 Å². The third-order valence-electron chi connectivity index (χ3n) is 4.46. The van der Waals surface area contributed by atoms with E-state index in [1.165, 1.54) is 46.6 Å². The standard InChI is InChI=1S/C23H25NO9S/c1-30-16-12-20(32-3)17(21(13-16)33-4)9-10-34(28,29)14-15-5-6-19(31-2)18(11-15)24-22(25)7-8-23(26)27/h5-13H,14H2,1-4H3,(H,24,25)(H,26,27). The van der Waals surface area contributed by atoms with Gasteiger partial charge in [0.1, 0.15) is 23.0 Å². The van der Waals surface area contributed by atoms with Crippen LogP contribution in [0.2, 0.25) is 0 Å². The summed E-state index contributed by atoms with van der Waals surface area (Å²) in [6.07, 6.45) is 2.89. The first-order valence-corrected chi connectivity index (χ1v) is 11.4. The van der Waals surface area contributed by atoms with Gasteiger partial charge in [0.2, 0.25) is 5.91 Å². The number of carboxylic acid groups (broad SMARTS) is 1. The number of carbonyl (C=O) groups is 2. The number of carbonyl (C=O) groups excluding carboxylic acids is 1. The van der Waals surface area contributed by atoms with Crippen LogP contribution in [0.3, 0.4) is 0 Å². The zero-order valence-electron chi connectivity index (χ0n) is 19.0. The topological polar surface area (TPSA) is 137 Å². The van der Waals surface area contributed by atoms with Crippen LogP contribution in [0, 0.1) is 0 Å². The Hall–Kier alpha value is -3.99. The normalized spacial score (nSPS) is 11.4. The van der Waals surface area contributed by atoms with Gasteiger partial charge in [-0.3, -0.25) is 4.79 Å². The molecule has 11 heteroatoms. The predicted octanol–water partition coefficient (Wildman–Crippen LogP) is 2.89. The minimum atomic E-state index is -3.75. The molecule has 1 amide bonds. The zero-order chi connectivity index (χ0) is 25.3. The highest BCUT2D eigenvalue weighted by Crippen LogP contribution is 2.35. The van der Waals surface area contributed by atoms with Crippen LogP contribution in [-0.4, -0.2) is 53.8 Å². The van der Waals surface area contributed by atoms with Gasteiger partial charge in [-0.25, -0.2) is 13.2 Å². The summed E-state index contributed by atoms with van der Waals surface area (Å²) in [5.41, 5.74) is 0.983. The van der Waals surface area contributed by atoms with E-state index in [0.717, 1.165) is 11.5 Å². The smallest absolute Gasteiger partial charge is 0.328 e. The van der Waals surface area contributed by atoms with Gasteiger partial charge in [-0.05, 0) is 23.8 Å². The van der Waals surface area contributed by atoms with E-state index in [1.807, 2.05) is 0 Å². The number of anilines is 1. The van der Waals surface area contributed by atoms with Gasteiger partial charge in [-0.2, -0.15) is 0 Å². The molecular formula is C23H25NO9S. The lowest BCUT2D eigenvalue weighted by atomic mass is 10.1. The Morgan fingerprint density at radius 1 is 0.912 bits per heavy atom. The fourth-order valence-electron chi connectivity index (χ4n) is 2.91. The zero-order valence-corrected chi connectivity index (χ0v) is 19.8. The van der Waals surface area contributed by atoms with Crippen LogP contribution in [-0.2, 0) is 25.2 Å². The molecule has 0 aliphatic heterocycles. The largest absolute Gasteiger partial charge is 0.496 e. The fraction of sp³-hybridized carbons (Fsp3) is 0.217. The van der Waals surface area contributed by atoms with E-state index in [-0.39, 0.29) is 17.2 Å². The summed E-state index contributed by atoms with van der Waals surface area (Å²) in [4.78, 5) is 22.5. The summed E-state index contributed by atoms with van der Waals surface area (Å²) in [5, 5.41) is 12.1. The number of hydrogen-bond acceptors (Lipinski definition) is 8. The maximum Gasteiger partial charge on any atom is 0.328 e. The molecule has 182 valence electrons. The van der Waals surface area contributed by atoms with E-state index in [1.54, 1.807) is 18.2 Å². The van der Waals surface area contributed by atoms with Crippen LogP contribution in [0.4, 0.5) is 5.69 Å². The molecule has 0 bridgehead atoms. The van der Waals surface area contributed by atoms with Crippen molar-refractivity contribution in [3.63, 3.8) is 0 Å². The maximum absolute atomic E-state index is 12.8. The first-order chi connectivity index (χ1) is 16.1. The van der Waals surface area contributed by atoms with Gasteiger partial charge in [-0.15, -0.1) is 0 Å². The minimum Gasteiger partial charge on any atom is -0.496 e. The summed E-state index contributed by atoms with van der Waals surface area (Å²) in [7, 11) is 2.00. The van der Waals surface area contributed by atoms with Crippen molar-refractivity contribution in [3.05, 3.63) is 59.0 Å². The molecule has 2 aromatic rings. The molecule has 0 radical (unpaired) electrons. The Bertz CT molecular complexity index is 1190. The van der Waals surface area contributed by atoms with Crippen molar-refractivity contribution < 1.29 is 42.1 Å². The highest BCUT2D eigenvalue weighted by molar-refractivity contribution is 7.93. The summed E-state index contributed by atoms with van der Waals surface area (Å²) >= 11 is 0. The summed E-state index contributed by atoms with van der Waals surface area (Å²) in [6, 6.07) is 7.69. The average Bonchev–Trinajstić information content (AvgIpc) is 2.80. The van der Waals surface area contributed by atoms with Crippen LogP contribution < -0.4 is 24.3 Å². The first kappa shape index (κ1) is 26.3. The third kappa shape index (κ3) is 7.27. The van der Waals surface area contributed by atoms with E-state index in [4.69, 9.17) is 24.1 Å². The molecule has 2 aromatic carbocycles. The van der Waals surface area contributed by atoms with Gasteiger partial charge in [0.05, 0.1) is 45.4 Å². The molecule has 0 aliphatic rings. The van der Waals surface area contributed by atoms with Crippen molar-refractivity contribution in [2.24, 2.45) is 0 Å². The van der Waals surface area contributed by atoms with Crippen LogP contribution in [0.1, 0.15) is 11.1 Å². The van der Waals surface area contributed by atoms with Crippen molar-refractivity contribution in [3.8, 4) is 23.0 Å². The average molecular weight is 492 g/mol. The number of methoxy groups -OCH3 is 4. The molecule has 2 rings (SSSR count). The van der Waals surface area contributed by atoms with Gasteiger partial charge in [0.15, 0.2) is 9.84 Å². The van der Waals surface area contributed by atoms with Crippen LogP contribution >= 0.6 is 0 Å². The Labute approximate surface area is 197 Å². The van der Waals surface area contributed by atoms with Crippen molar-refractivity contribution in [2.75, 3.05) is 33.8 Å². The molecule has 0 atom stereocenters. The monoisotopic (exact) mass is 491 g/mol. The Kier molecular flexibility index (Phi) is 9.08. The van der Waals surface area contributed by atoms with Crippen molar-refractivity contribution in [1.29, 1.82) is 0 Å².